The molecule has 2 aliphatic rings. The summed E-state index contributed by atoms with van der Waals surface area (Å²) < 4.78 is 5.25. The minimum absolute atomic E-state index is 0.177. The Kier molecular flexibility index (Phi) is 3.63. The van der Waals surface area contributed by atoms with Crippen molar-refractivity contribution in [2.75, 3.05) is 6.54 Å². The molecule has 1 fully saturated rings. The lowest BCUT2D eigenvalue weighted by Gasteiger charge is -2.26. The van der Waals surface area contributed by atoms with Gasteiger partial charge in [-0.25, -0.2) is 4.98 Å². The zero-order valence-electron chi connectivity index (χ0n) is 14.5. The zero-order valence-corrected chi connectivity index (χ0v) is 14.5. The average Bonchev–Trinajstić information content (AvgIpc) is 3.44. The molecule has 0 radical (unpaired) electrons. The van der Waals surface area contributed by atoms with Crippen molar-refractivity contribution in [3.8, 4) is 11.5 Å². The van der Waals surface area contributed by atoms with Crippen molar-refractivity contribution in [2.24, 2.45) is 0 Å². The number of carbonyl (C=O) groups excluding carboxylic acids is 1. The molecule has 1 aliphatic carbocycles. The van der Waals surface area contributed by atoms with Crippen molar-refractivity contribution in [3.05, 3.63) is 63.5 Å². The number of pyridine rings is 1. The van der Waals surface area contributed by atoms with Gasteiger partial charge < -0.3 is 14.4 Å². The number of H-pyrrole nitrogens is 1. The number of carbonyl (C=O) groups is 1. The van der Waals surface area contributed by atoms with Crippen molar-refractivity contribution in [3.63, 3.8) is 0 Å². The van der Waals surface area contributed by atoms with Crippen LogP contribution in [0.1, 0.15) is 46.3 Å². The van der Waals surface area contributed by atoms with Gasteiger partial charge >= 0.3 is 0 Å². The lowest BCUT2D eigenvalue weighted by atomic mass is 10.1. The summed E-state index contributed by atoms with van der Waals surface area (Å²) in [6, 6.07) is 7.15. The molecule has 4 heterocycles. The maximum Gasteiger partial charge on any atom is 0.292 e. The van der Waals surface area contributed by atoms with E-state index in [-0.39, 0.29) is 23.8 Å². The summed E-state index contributed by atoms with van der Waals surface area (Å²) in [5, 5.41) is 4.00. The number of hydrogen-bond acceptors (Lipinski definition) is 6. The van der Waals surface area contributed by atoms with Crippen LogP contribution >= 0.6 is 0 Å². The van der Waals surface area contributed by atoms with E-state index < -0.39 is 0 Å². The van der Waals surface area contributed by atoms with Crippen molar-refractivity contribution < 1.29 is 9.32 Å². The first-order valence-corrected chi connectivity index (χ1v) is 8.98. The van der Waals surface area contributed by atoms with E-state index in [4.69, 9.17) is 4.52 Å². The standard InChI is InChI=1S/C19H17N5O3/c25-18-12-6-8-24(19(26)16-9-14(23-27-16)11-4-5-11)10-15(12)21-17(22-18)13-3-1-2-7-20-13/h1-3,7,9,11H,4-6,8,10H2,(H,21,22,25). The minimum Gasteiger partial charge on any atom is -0.351 e. The third-order valence-electron chi connectivity index (χ3n) is 5.00. The van der Waals surface area contributed by atoms with Crippen LogP contribution in [0.4, 0.5) is 0 Å². The molecule has 1 saturated carbocycles. The Hall–Kier alpha value is -3.29. The van der Waals surface area contributed by atoms with E-state index in [9.17, 15) is 9.59 Å². The van der Waals surface area contributed by atoms with Gasteiger partial charge in [-0.15, -0.1) is 0 Å². The van der Waals surface area contributed by atoms with Crippen LogP contribution in [0.25, 0.3) is 11.5 Å². The Morgan fingerprint density at radius 2 is 2.19 bits per heavy atom. The van der Waals surface area contributed by atoms with Crippen LogP contribution in [0, 0.1) is 0 Å². The molecule has 0 spiro atoms. The molecule has 1 aliphatic heterocycles. The summed E-state index contributed by atoms with van der Waals surface area (Å²) in [5.41, 5.74) is 2.48. The van der Waals surface area contributed by atoms with Gasteiger partial charge in [0.2, 0.25) is 5.76 Å². The first-order valence-electron chi connectivity index (χ1n) is 8.98. The molecule has 136 valence electrons. The van der Waals surface area contributed by atoms with Crippen LogP contribution in [-0.4, -0.2) is 37.5 Å². The number of fused-ring (bicyclic) bond motifs is 1. The molecule has 3 aromatic rings. The fraction of sp³-hybridized carbons (Fsp3) is 0.316. The number of rotatable bonds is 3. The zero-order chi connectivity index (χ0) is 18.4. The maximum absolute atomic E-state index is 12.8. The fourth-order valence-corrected chi connectivity index (χ4v) is 3.35. The monoisotopic (exact) mass is 363 g/mol. The molecular formula is C19H17N5O3. The molecule has 0 aromatic carbocycles. The normalized spacial score (nSPS) is 16.2. The highest BCUT2D eigenvalue weighted by molar-refractivity contribution is 5.91. The average molecular weight is 363 g/mol. The van der Waals surface area contributed by atoms with Gasteiger partial charge in [-0.2, -0.15) is 0 Å². The number of amides is 1. The first kappa shape index (κ1) is 15.9. The maximum atomic E-state index is 12.8. The van der Waals surface area contributed by atoms with Crippen LogP contribution in [0.5, 0.6) is 0 Å². The number of aromatic amines is 1. The Bertz CT molecular complexity index is 1070. The summed E-state index contributed by atoms with van der Waals surface area (Å²) in [7, 11) is 0. The molecule has 1 N–H and O–H groups in total. The molecule has 1 amide bonds. The van der Waals surface area contributed by atoms with Crippen molar-refractivity contribution in [1.29, 1.82) is 0 Å². The molecule has 3 aromatic heterocycles. The number of nitrogens with zero attached hydrogens (tertiary/aromatic N) is 4. The SMILES string of the molecule is O=C(c1cc(C2CC2)no1)N1CCc2c(nc(-c3ccccn3)[nH]c2=O)C1. The Morgan fingerprint density at radius 1 is 1.30 bits per heavy atom. The summed E-state index contributed by atoms with van der Waals surface area (Å²) in [6.07, 6.45) is 4.29. The van der Waals surface area contributed by atoms with E-state index in [2.05, 4.69) is 20.1 Å². The second-order valence-corrected chi connectivity index (χ2v) is 6.92. The molecule has 8 heteroatoms. The van der Waals surface area contributed by atoms with E-state index in [1.807, 2.05) is 6.07 Å². The smallest absolute Gasteiger partial charge is 0.292 e. The molecule has 8 nitrogen and oxygen atoms in total. The van der Waals surface area contributed by atoms with Crippen LogP contribution in [0.2, 0.25) is 0 Å². The van der Waals surface area contributed by atoms with E-state index >= 15 is 0 Å². The predicted molar refractivity (Wildman–Crippen MR) is 95.0 cm³/mol. The van der Waals surface area contributed by atoms with Gasteiger partial charge in [0.15, 0.2) is 5.82 Å². The Labute approximate surface area is 154 Å². The number of aromatic nitrogens is 4. The van der Waals surface area contributed by atoms with Crippen molar-refractivity contribution in [1.82, 2.24) is 25.0 Å². The molecule has 0 saturated heterocycles. The van der Waals surface area contributed by atoms with Crippen LogP contribution in [-0.2, 0) is 13.0 Å². The van der Waals surface area contributed by atoms with Crippen molar-refractivity contribution in [2.45, 2.75) is 31.7 Å². The summed E-state index contributed by atoms with van der Waals surface area (Å²) in [6.45, 7) is 0.705. The van der Waals surface area contributed by atoms with Gasteiger partial charge in [-0.3, -0.25) is 14.6 Å². The minimum atomic E-state index is -0.221. The summed E-state index contributed by atoms with van der Waals surface area (Å²) in [4.78, 5) is 38.4. The predicted octanol–water partition coefficient (Wildman–Crippen LogP) is 1.90. The lowest BCUT2D eigenvalue weighted by molar-refractivity contribution is 0.0689. The van der Waals surface area contributed by atoms with Crippen LogP contribution in [0.3, 0.4) is 0 Å². The lowest BCUT2D eigenvalue weighted by Crippen LogP contribution is -2.39. The number of hydrogen-bond donors (Lipinski definition) is 1. The third kappa shape index (κ3) is 2.92. The van der Waals surface area contributed by atoms with Gasteiger partial charge in [0, 0.05) is 30.3 Å². The number of nitrogens with one attached hydrogen (secondary N) is 1. The van der Waals surface area contributed by atoms with E-state index in [1.165, 1.54) is 0 Å². The Morgan fingerprint density at radius 3 is 2.96 bits per heavy atom. The second kappa shape index (κ2) is 6.15. The van der Waals surface area contributed by atoms with E-state index in [0.717, 1.165) is 18.5 Å². The highest BCUT2D eigenvalue weighted by Crippen LogP contribution is 2.39. The van der Waals surface area contributed by atoms with E-state index in [1.54, 1.807) is 29.3 Å². The molecular weight excluding hydrogens is 346 g/mol. The second-order valence-electron chi connectivity index (χ2n) is 6.92. The summed E-state index contributed by atoms with van der Waals surface area (Å²) in [5.74, 6) is 0.861. The highest BCUT2D eigenvalue weighted by atomic mass is 16.5. The van der Waals surface area contributed by atoms with Gasteiger partial charge in [-0.05, 0) is 31.4 Å². The topological polar surface area (TPSA) is 105 Å². The van der Waals surface area contributed by atoms with Gasteiger partial charge in [0.05, 0.1) is 17.9 Å². The molecule has 0 atom stereocenters. The highest BCUT2D eigenvalue weighted by Gasteiger charge is 2.31. The van der Waals surface area contributed by atoms with Crippen LogP contribution in [0.15, 0.2) is 39.8 Å². The Balaban J connectivity index is 1.43. The van der Waals surface area contributed by atoms with E-state index in [0.29, 0.717) is 41.7 Å². The van der Waals surface area contributed by atoms with Crippen LogP contribution < -0.4 is 5.56 Å². The molecule has 0 bridgehead atoms. The summed E-state index contributed by atoms with van der Waals surface area (Å²) >= 11 is 0. The molecule has 27 heavy (non-hydrogen) atoms. The van der Waals surface area contributed by atoms with Gasteiger partial charge in [0.25, 0.3) is 11.5 Å². The fourth-order valence-electron chi connectivity index (χ4n) is 3.35. The quantitative estimate of drug-likeness (QED) is 0.762. The molecule has 0 unspecified atom stereocenters. The third-order valence-corrected chi connectivity index (χ3v) is 5.00. The molecule has 5 rings (SSSR count). The van der Waals surface area contributed by atoms with Gasteiger partial charge in [0.1, 0.15) is 5.69 Å². The largest absolute Gasteiger partial charge is 0.351 e. The van der Waals surface area contributed by atoms with Gasteiger partial charge in [-0.1, -0.05) is 11.2 Å². The van der Waals surface area contributed by atoms with Crippen molar-refractivity contribution >= 4 is 5.91 Å². The first-order chi connectivity index (χ1) is 13.2.